The van der Waals surface area contributed by atoms with Gasteiger partial charge >= 0.3 is 5.97 Å². The summed E-state index contributed by atoms with van der Waals surface area (Å²) in [6, 6.07) is 0. The smallest absolute Gasteiger partial charge is 0.310 e. The fourth-order valence-corrected chi connectivity index (χ4v) is 2.68. The molecule has 1 fully saturated rings. The number of esters is 1. The van der Waals surface area contributed by atoms with E-state index >= 15 is 0 Å². The Hall–Kier alpha value is -0.870. The van der Waals surface area contributed by atoms with E-state index in [1.54, 1.807) is 6.08 Å². The Balaban J connectivity index is 2.39. The Morgan fingerprint density at radius 3 is 2.45 bits per heavy atom. The van der Waals surface area contributed by atoms with Gasteiger partial charge in [0.15, 0.2) is 11.1 Å². The second-order valence-corrected chi connectivity index (χ2v) is 6.82. The molecule has 1 rings (SSSR count). The zero-order valence-electron chi connectivity index (χ0n) is 13.0. The molecule has 0 aliphatic heterocycles. The summed E-state index contributed by atoms with van der Waals surface area (Å²) in [6.45, 7) is 5.57. The van der Waals surface area contributed by atoms with Crippen LogP contribution in [0.15, 0.2) is 22.5 Å². The fraction of sp³-hybridized carbons (Fsp3) is 0.625. The Labute approximate surface area is 140 Å². The van der Waals surface area contributed by atoms with Gasteiger partial charge < -0.3 is 4.74 Å². The molecular weight excluding hydrogens is 330 g/mol. The molecule has 2 atom stereocenters. The highest BCUT2D eigenvalue weighted by atomic mass is 35.5. The van der Waals surface area contributed by atoms with Crippen LogP contribution in [0.4, 0.5) is 4.39 Å². The van der Waals surface area contributed by atoms with E-state index in [0.717, 1.165) is 0 Å². The summed E-state index contributed by atoms with van der Waals surface area (Å²) in [5.41, 5.74) is -0.253. The maximum atomic E-state index is 12.2. The third-order valence-electron chi connectivity index (χ3n) is 3.97. The second-order valence-electron chi connectivity index (χ2n) is 6.05. The van der Waals surface area contributed by atoms with E-state index in [1.807, 2.05) is 13.8 Å². The summed E-state index contributed by atoms with van der Waals surface area (Å²) in [7, 11) is 0. The lowest BCUT2D eigenvalue weighted by Gasteiger charge is -2.05. The third-order valence-corrected chi connectivity index (χ3v) is 4.51. The standard InChI is InChI=1S/C16H21Cl2FO3/c1-10(20)12(17)9-11-14(16(11,2)3)15(21)22-8-6-4-5-7-13(18)19/h7,9,11,14H,4-6,8H2,1-3H3/b12-9-,13-7-/t11-,14-/m0/s1. The first kappa shape index (κ1) is 19.2. The molecule has 0 heterocycles. The molecule has 124 valence electrons. The van der Waals surface area contributed by atoms with Crippen LogP contribution in [-0.2, 0) is 14.3 Å². The van der Waals surface area contributed by atoms with Gasteiger partial charge in [0.05, 0.1) is 17.6 Å². The molecule has 0 aromatic rings. The molecule has 3 nitrogen and oxygen atoms in total. The number of allylic oxidation sites excluding steroid dienone is 3. The number of rotatable bonds is 8. The van der Waals surface area contributed by atoms with Crippen LogP contribution < -0.4 is 0 Å². The van der Waals surface area contributed by atoms with Crippen LogP contribution in [0.2, 0.25) is 0 Å². The second kappa shape index (κ2) is 8.11. The van der Waals surface area contributed by atoms with Crippen molar-refractivity contribution in [3.63, 3.8) is 0 Å². The summed E-state index contributed by atoms with van der Waals surface area (Å²) in [5, 5.41) is -0.558. The summed E-state index contributed by atoms with van der Waals surface area (Å²) >= 11 is 10.9. The molecule has 0 radical (unpaired) electrons. The third kappa shape index (κ3) is 5.40. The molecule has 22 heavy (non-hydrogen) atoms. The molecule has 1 aliphatic rings. The minimum absolute atomic E-state index is 0.0790. The topological polar surface area (TPSA) is 43.4 Å². The molecule has 0 unspecified atom stereocenters. The van der Waals surface area contributed by atoms with Crippen molar-refractivity contribution in [1.82, 2.24) is 0 Å². The van der Waals surface area contributed by atoms with Gasteiger partial charge in [-0.15, -0.1) is 0 Å². The molecule has 0 spiro atoms. The average molecular weight is 351 g/mol. The number of hydrogen-bond donors (Lipinski definition) is 0. The number of carbonyl (C=O) groups excluding carboxylic acids is 2. The van der Waals surface area contributed by atoms with Gasteiger partial charge in [-0.2, -0.15) is 4.39 Å². The first-order valence-electron chi connectivity index (χ1n) is 7.24. The Morgan fingerprint density at radius 2 is 1.91 bits per heavy atom. The summed E-state index contributed by atoms with van der Waals surface area (Å²) < 4.78 is 17.5. The number of Topliss-reactive ketones (excluding diaryl/α,β-unsaturated/α-hetero) is 1. The molecule has 0 N–H and O–H groups in total. The first-order valence-corrected chi connectivity index (χ1v) is 7.99. The summed E-state index contributed by atoms with van der Waals surface area (Å²) in [5.74, 6) is -0.847. The maximum Gasteiger partial charge on any atom is 0.310 e. The van der Waals surface area contributed by atoms with Crippen LogP contribution in [0, 0.1) is 17.3 Å². The van der Waals surface area contributed by atoms with Crippen LogP contribution >= 0.6 is 23.2 Å². The molecule has 0 aromatic carbocycles. The van der Waals surface area contributed by atoms with Crippen LogP contribution in [0.1, 0.15) is 40.0 Å². The molecular formula is C16H21Cl2FO3. The molecule has 0 saturated heterocycles. The molecule has 1 saturated carbocycles. The Bertz CT molecular complexity index is 494. The van der Waals surface area contributed by atoms with Crippen LogP contribution in [0.5, 0.6) is 0 Å². The lowest BCUT2D eigenvalue weighted by molar-refractivity contribution is -0.146. The van der Waals surface area contributed by atoms with Crippen molar-refractivity contribution in [2.24, 2.45) is 17.3 Å². The fourth-order valence-electron chi connectivity index (χ4n) is 2.43. The highest BCUT2D eigenvalue weighted by Gasteiger charge is 2.61. The lowest BCUT2D eigenvalue weighted by Crippen LogP contribution is -2.11. The van der Waals surface area contributed by atoms with Gasteiger partial charge in [-0.1, -0.05) is 43.1 Å². The number of ketones is 1. The van der Waals surface area contributed by atoms with Crippen molar-refractivity contribution in [2.45, 2.75) is 40.0 Å². The van der Waals surface area contributed by atoms with Gasteiger partial charge in [-0.3, -0.25) is 9.59 Å². The zero-order valence-corrected chi connectivity index (χ0v) is 14.5. The minimum atomic E-state index is -0.714. The summed E-state index contributed by atoms with van der Waals surface area (Å²) in [6.07, 6.45) is 4.79. The van der Waals surface area contributed by atoms with E-state index in [-0.39, 0.29) is 34.0 Å². The van der Waals surface area contributed by atoms with E-state index in [2.05, 4.69) is 0 Å². The van der Waals surface area contributed by atoms with E-state index in [1.165, 1.54) is 13.0 Å². The highest BCUT2D eigenvalue weighted by molar-refractivity contribution is 6.42. The van der Waals surface area contributed by atoms with E-state index in [4.69, 9.17) is 27.9 Å². The first-order chi connectivity index (χ1) is 10.2. The van der Waals surface area contributed by atoms with E-state index in [9.17, 15) is 14.0 Å². The highest BCUT2D eigenvalue weighted by Crippen LogP contribution is 2.60. The number of halogens is 3. The van der Waals surface area contributed by atoms with Crippen molar-refractivity contribution in [3.05, 3.63) is 22.5 Å². The maximum absolute atomic E-state index is 12.2. The number of ether oxygens (including phenoxy) is 1. The van der Waals surface area contributed by atoms with Crippen LogP contribution in [-0.4, -0.2) is 18.4 Å². The molecule has 0 amide bonds. The van der Waals surface area contributed by atoms with Crippen molar-refractivity contribution >= 4 is 35.0 Å². The normalized spacial score (nSPS) is 24.1. The predicted molar refractivity (Wildman–Crippen MR) is 85.2 cm³/mol. The predicted octanol–water partition coefficient (Wildman–Crippen LogP) is 4.73. The minimum Gasteiger partial charge on any atom is -0.465 e. The van der Waals surface area contributed by atoms with Gasteiger partial charge in [0, 0.05) is 6.92 Å². The molecule has 1 aliphatic carbocycles. The number of unbranched alkanes of at least 4 members (excludes halogenated alkanes) is 2. The monoisotopic (exact) mass is 350 g/mol. The van der Waals surface area contributed by atoms with Crippen molar-refractivity contribution in [3.8, 4) is 0 Å². The van der Waals surface area contributed by atoms with Gasteiger partial charge in [-0.05, 0) is 36.7 Å². The molecule has 0 bridgehead atoms. The van der Waals surface area contributed by atoms with Crippen LogP contribution in [0.25, 0.3) is 0 Å². The lowest BCUT2D eigenvalue weighted by atomic mass is 10.1. The van der Waals surface area contributed by atoms with Crippen molar-refractivity contribution in [1.29, 1.82) is 0 Å². The SMILES string of the molecule is CC(=O)/C(Cl)=C/[C@H]1[C@@H](C(=O)OCCCC/C=C(\F)Cl)C1(C)C. The van der Waals surface area contributed by atoms with Crippen molar-refractivity contribution in [2.75, 3.05) is 6.61 Å². The van der Waals surface area contributed by atoms with Gasteiger partial charge in [0.1, 0.15) is 0 Å². The zero-order chi connectivity index (χ0) is 16.9. The molecule has 6 heteroatoms. The van der Waals surface area contributed by atoms with E-state index < -0.39 is 5.29 Å². The van der Waals surface area contributed by atoms with E-state index in [0.29, 0.717) is 25.9 Å². The van der Waals surface area contributed by atoms with Gasteiger partial charge in [0.25, 0.3) is 0 Å². The quantitative estimate of drug-likeness (QED) is 0.361. The van der Waals surface area contributed by atoms with Crippen LogP contribution in [0.3, 0.4) is 0 Å². The Kier molecular flexibility index (Phi) is 7.07. The van der Waals surface area contributed by atoms with Gasteiger partial charge in [0.2, 0.25) is 0 Å². The van der Waals surface area contributed by atoms with Crippen molar-refractivity contribution < 1.29 is 18.7 Å². The summed E-state index contributed by atoms with van der Waals surface area (Å²) in [4.78, 5) is 23.2. The average Bonchev–Trinajstić information content (AvgIpc) is 2.94. The Morgan fingerprint density at radius 1 is 1.27 bits per heavy atom. The number of hydrogen-bond acceptors (Lipinski definition) is 3. The number of carbonyl (C=O) groups is 2. The van der Waals surface area contributed by atoms with Gasteiger partial charge in [-0.25, -0.2) is 0 Å². The molecule has 0 aromatic heterocycles. The largest absolute Gasteiger partial charge is 0.465 e.